The summed E-state index contributed by atoms with van der Waals surface area (Å²) in [7, 11) is 0. The van der Waals surface area contributed by atoms with Crippen molar-refractivity contribution in [2.45, 2.75) is 45.6 Å². The molecule has 0 aromatic carbocycles. The van der Waals surface area contributed by atoms with Gasteiger partial charge in [-0.25, -0.2) is 0 Å². The van der Waals surface area contributed by atoms with Crippen LogP contribution in [-0.2, 0) is 0 Å². The van der Waals surface area contributed by atoms with E-state index in [-0.39, 0.29) is 0 Å². The minimum Gasteiger partial charge on any atom is -0.314 e. The molecule has 1 atom stereocenters. The minimum absolute atomic E-state index is 0.630. The van der Waals surface area contributed by atoms with E-state index in [0.717, 1.165) is 5.92 Å². The molecule has 2 fully saturated rings. The Balaban J connectivity index is 1.62. The highest BCUT2D eigenvalue weighted by Gasteiger charge is 2.20. The SMILES string of the molecule is CC(C)NCC1CCCN(CCN2CCCC2)C1. The maximum absolute atomic E-state index is 3.60. The maximum atomic E-state index is 3.60. The molecule has 0 saturated carbocycles. The molecule has 18 heavy (non-hydrogen) atoms. The molecule has 0 aliphatic carbocycles. The summed E-state index contributed by atoms with van der Waals surface area (Å²) in [6, 6.07) is 0.630. The van der Waals surface area contributed by atoms with E-state index in [4.69, 9.17) is 0 Å². The zero-order valence-corrected chi connectivity index (χ0v) is 12.3. The van der Waals surface area contributed by atoms with Crippen LogP contribution in [0.5, 0.6) is 0 Å². The molecule has 3 nitrogen and oxygen atoms in total. The van der Waals surface area contributed by atoms with Gasteiger partial charge in [-0.2, -0.15) is 0 Å². The van der Waals surface area contributed by atoms with Gasteiger partial charge in [0.15, 0.2) is 0 Å². The van der Waals surface area contributed by atoms with E-state index >= 15 is 0 Å². The highest BCUT2D eigenvalue weighted by Crippen LogP contribution is 2.16. The van der Waals surface area contributed by atoms with Gasteiger partial charge in [0.1, 0.15) is 0 Å². The van der Waals surface area contributed by atoms with Crippen LogP contribution in [0.15, 0.2) is 0 Å². The van der Waals surface area contributed by atoms with Gasteiger partial charge in [0.05, 0.1) is 0 Å². The van der Waals surface area contributed by atoms with Crippen LogP contribution in [0, 0.1) is 5.92 Å². The molecule has 1 unspecified atom stereocenters. The fraction of sp³-hybridized carbons (Fsp3) is 1.00. The van der Waals surface area contributed by atoms with Gasteiger partial charge in [0.2, 0.25) is 0 Å². The third-order valence-electron chi connectivity index (χ3n) is 4.35. The van der Waals surface area contributed by atoms with Crippen molar-refractivity contribution in [3.8, 4) is 0 Å². The second kappa shape index (κ2) is 7.46. The first-order valence-corrected chi connectivity index (χ1v) is 7.92. The lowest BCUT2D eigenvalue weighted by Gasteiger charge is -2.34. The van der Waals surface area contributed by atoms with E-state index in [1.165, 1.54) is 71.5 Å². The summed E-state index contributed by atoms with van der Waals surface area (Å²) in [4.78, 5) is 5.32. The van der Waals surface area contributed by atoms with Crippen LogP contribution < -0.4 is 5.32 Å². The van der Waals surface area contributed by atoms with Crippen molar-refractivity contribution in [1.29, 1.82) is 0 Å². The largest absolute Gasteiger partial charge is 0.314 e. The van der Waals surface area contributed by atoms with Crippen LogP contribution >= 0.6 is 0 Å². The molecule has 0 amide bonds. The predicted octanol–water partition coefficient (Wildman–Crippen LogP) is 1.79. The van der Waals surface area contributed by atoms with Gasteiger partial charge in [-0.05, 0) is 57.8 Å². The first-order valence-electron chi connectivity index (χ1n) is 7.92. The molecular weight excluding hydrogens is 222 g/mol. The highest BCUT2D eigenvalue weighted by molar-refractivity contribution is 4.77. The molecule has 2 aliphatic heterocycles. The normalized spacial score (nSPS) is 27.2. The van der Waals surface area contributed by atoms with Gasteiger partial charge in [0, 0.05) is 25.7 Å². The van der Waals surface area contributed by atoms with Crippen molar-refractivity contribution in [1.82, 2.24) is 15.1 Å². The third-order valence-corrected chi connectivity index (χ3v) is 4.35. The molecule has 2 saturated heterocycles. The van der Waals surface area contributed by atoms with Gasteiger partial charge in [-0.15, -0.1) is 0 Å². The van der Waals surface area contributed by atoms with Crippen molar-refractivity contribution in [2.24, 2.45) is 5.92 Å². The van der Waals surface area contributed by atoms with E-state index in [9.17, 15) is 0 Å². The molecule has 0 bridgehead atoms. The Kier molecular flexibility index (Phi) is 5.93. The topological polar surface area (TPSA) is 18.5 Å². The average Bonchev–Trinajstić information content (AvgIpc) is 2.87. The van der Waals surface area contributed by atoms with Crippen LogP contribution in [0.1, 0.15) is 39.5 Å². The smallest absolute Gasteiger partial charge is 0.0109 e. The van der Waals surface area contributed by atoms with Crippen molar-refractivity contribution in [3.05, 3.63) is 0 Å². The van der Waals surface area contributed by atoms with Crippen LogP contribution in [0.25, 0.3) is 0 Å². The van der Waals surface area contributed by atoms with Crippen molar-refractivity contribution >= 4 is 0 Å². The summed E-state index contributed by atoms with van der Waals surface area (Å²) in [6.45, 7) is 13.6. The van der Waals surface area contributed by atoms with E-state index in [2.05, 4.69) is 29.0 Å². The highest BCUT2D eigenvalue weighted by atomic mass is 15.2. The molecule has 1 N–H and O–H groups in total. The summed E-state index contributed by atoms with van der Waals surface area (Å²) in [5, 5.41) is 3.60. The number of nitrogens with one attached hydrogen (secondary N) is 1. The Bertz CT molecular complexity index is 224. The molecule has 2 heterocycles. The molecule has 0 aromatic rings. The van der Waals surface area contributed by atoms with Gasteiger partial charge in [-0.1, -0.05) is 13.8 Å². The summed E-state index contributed by atoms with van der Waals surface area (Å²) >= 11 is 0. The number of likely N-dealkylation sites (tertiary alicyclic amines) is 2. The monoisotopic (exact) mass is 253 g/mol. The minimum atomic E-state index is 0.630. The number of piperidine rings is 1. The second-order valence-corrected chi connectivity index (χ2v) is 6.42. The van der Waals surface area contributed by atoms with Crippen molar-refractivity contribution < 1.29 is 0 Å². The van der Waals surface area contributed by atoms with Crippen LogP contribution in [0.2, 0.25) is 0 Å². The first-order chi connectivity index (χ1) is 8.74. The van der Waals surface area contributed by atoms with Gasteiger partial charge < -0.3 is 15.1 Å². The third kappa shape index (κ3) is 4.87. The Morgan fingerprint density at radius 3 is 2.39 bits per heavy atom. The van der Waals surface area contributed by atoms with Crippen LogP contribution in [0.3, 0.4) is 0 Å². The second-order valence-electron chi connectivity index (χ2n) is 6.42. The van der Waals surface area contributed by atoms with E-state index in [0.29, 0.717) is 6.04 Å². The van der Waals surface area contributed by atoms with Crippen LogP contribution in [-0.4, -0.2) is 61.7 Å². The zero-order valence-electron chi connectivity index (χ0n) is 12.3. The van der Waals surface area contributed by atoms with E-state index in [1.807, 2.05) is 0 Å². The molecular formula is C15H31N3. The first kappa shape index (κ1) is 14.3. The Hall–Kier alpha value is -0.120. The zero-order chi connectivity index (χ0) is 12.8. The number of nitrogens with zero attached hydrogens (tertiary/aromatic N) is 2. The summed E-state index contributed by atoms with van der Waals surface area (Å²) in [5.41, 5.74) is 0. The molecule has 2 aliphatic rings. The summed E-state index contributed by atoms with van der Waals surface area (Å²) in [5.74, 6) is 0.875. The standard InChI is InChI=1S/C15H31N3/c1-14(2)16-12-15-6-5-9-18(13-15)11-10-17-7-3-4-8-17/h14-16H,3-13H2,1-2H3. The Morgan fingerprint density at radius 2 is 1.67 bits per heavy atom. The van der Waals surface area contributed by atoms with Crippen LogP contribution in [0.4, 0.5) is 0 Å². The molecule has 2 rings (SSSR count). The van der Waals surface area contributed by atoms with E-state index in [1.54, 1.807) is 0 Å². The molecule has 106 valence electrons. The van der Waals surface area contributed by atoms with Crippen molar-refractivity contribution in [2.75, 3.05) is 45.8 Å². The Morgan fingerprint density at radius 1 is 1.00 bits per heavy atom. The quantitative estimate of drug-likeness (QED) is 0.778. The lowest BCUT2D eigenvalue weighted by molar-refractivity contribution is 0.153. The maximum Gasteiger partial charge on any atom is 0.0109 e. The molecule has 0 radical (unpaired) electrons. The predicted molar refractivity (Wildman–Crippen MR) is 78.0 cm³/mol. The average molecular weight is 253 g/mol. The van der Waals surface area contributed by atoms with Gasteiger partial charge in [-0.3, -0.25) is 0 Å². The lowest BCUT2D eigenvalue weighted by Crippen LogP contribution is -2.43. The number of hydrogen-bond acceptors (Lipinski definition) is 3. The van der Waals surface area contributed by atoms with E-state index < -0.39 is 0 Å². The summed E-state index contributed by atoms with van der Waals surface area (Å²) < 4.78 is 0. The fourth-order valence-corrected chi connectivity index (χ4v) is 3.21. The van der Waals surface area contributed by atoms with Gasteiger partial charge >= 0.3 is 0 Å². The fourth-order valence-electron chi connectivity index (χ4n) is 3.21. The Labute approximate surface area is 113 Å². The number of rotatable bonds is 6. The lowest BCUT2D eigenvalue weighted by atomic mass is 9.98. The van der Waals surface area contributed by atoms with Gasteiger partial charge in [0.25, 0.3) is 0 Å². The molecule has 3 heteroatoms. The molecule has 0 aromatic heterocycles. The number of hydrogen-bond donors (Lipinski definition) is 1. The summed E-state index contributed by atoms with van der Waals surface area (Å²) in [6.07, 6.45) is 5.65. The molecule has 0 spiro atoms. The van der Waals surface area contributed by atoms with Crippen molar-refractivity contribution in [3.63, 3.8) is 0 Å².